The second-order valence-electron chi connectivity index (χ2n) is 9.44. The van der Waals surface area contributed by atoms with Crippen LogP contribution in [-0.2, 0) is 11.3 Å². The highest BCUT2D eigenvalue weighted by Gasteiger charge is 2.22. The molecule has 2 aliphatic rings. The fourth-order valence-corrected chi connectivity index (χ4v) is 4.56. The zero-order valence-electron chi connectivity index (χ0n) is 20.2. The molecule has 0 spiro atoms. The smallest absolute Gasteiger partial charge is 0.191 e. The van der Waals surface area contributed by atoms with Crippen molar-refractivity contribution in [2.75, 3.05) is 52.9 Å². The molecule has 180 valence electrons. The summed E-state index contributed by atoms with van der Waals surface area (Å²) in [5.74, 6) is 1.45. The van der Waals surface area contributed by atoms with E-state index >= 15 is 0 Å². The Morgan fingerprint density at radius 3 is 2.44 bits per heavy atom. The first-order valence-electron chi connectivity index (χ1n) is 12.3. The summed E-state index contributed by atoms with van der Waals surface area (Å²) in [5, 5.41) is 7.16. The molecule has 3 rings (SSSR count). The average molecular weight is 448 g/mol. The molecule has 0 unspecified atom stereocenters. The zero-order chi connectivity index (χ0) is 22.8. The number of benzene rings is 1. The summed E-state index contributed by atoms with van der Waals surface area (Å²) in [6, 6.07) is 7.59. The van der Waals surface area contributed by atoms with Gasteiger partial charge in [-0.3, -0.25) is 9.89 Å². The molecule has 6 nitrogen and oxygen atoms in total. The number of ether oxygens (including phenoxy) is 1. The van der Waals surface area contributed by atoms with Crippen molar-refractivity contribution in [3.8, 4) is 0 Å². The summed E-state index contributed by atoms with van der Waals surface area (Å²) in [4.78, 5) is 9.30. The molecule has 0 amide bonds. The maximum Gasteiger partial charge on any atom is 0.191 e. The summed E-state index contributed by atoms with van der Waals surface area (Å²) in [7, 11) is 1.85. The largest absolute Gasteiger partial charge is 0.377 e. The van der Waals surface area contributed by atoms with Crippen LogP contribution in [0.15, 0.2) is 29.3 Å². The van der Waals surface area contributed by atoms with Crippen LogP contribution in [0.2, 0.25) is 0 Å². The van der Waals surface area contributed by atoms with Crippen molar-refractivity contribution in [3.05, 3.63) is 35.6 Å². The molecule has 0 radical (unpaired) electrons. The van der Waals surface area contributed by atoms with Gasteiger partial charge >= 0.3 is 0 Å². The molecule has 2 aliphatic heterocycles. The van der Waals surface area contributed by atoms with E-state index in [0.29, 0.717) is 24.6 Å². The lowest BCUT2D eigenvalue weighted by Crippen LogP contribution is -2.50. The maximum absolute atomic E-state index is 13.9. The number of hydrogen-bond acceptors (Lipinski definition) is 4. The van der Waals surface area contributed by atoms with E-state index in [1.807, 2.05) is 19.2 Å². The average Bonchev–Trinajstić information content (AvgIpc) is 2.80. The Hall–Kier alpha value is -1.70. The molecule has 0 aromatic heterocycles. The lowest BCUT2D eigenvalue weighted by Gasteiger charge is -2.34. The second-order valence-corrected chi connectivity index (χ2v) is 9.44. The fraction of sp³-hybridized carbons (Fsp3) is 0.720. The van der Waals surface area contributed by atoms with Gasteiger partial charge in [0.2, 0.25) is 0 Å². The zero-order valence-corrected chi connectivity index (χ0v) is 20.2. The molecule has 0 aliphatic carbocycles. The second kappa shape index (κ2) is 13.1. The van der Waals surface area contributed by atoms with Gasteiger partial charge in [-0.05, 0) is 64.6 Å². The van der Waals surface area contributed by atoms with E-state index < -0.39 is 0 Å². The molecule has 2 N–H and O–H groups in total. The molecule has 2 heterocycles. The molecule has 2 fully saturated rings. The van der Waals surface area contributed by atoms with E-state index in [1.165, 1.54) is 0 Å². The van der Waals surface area contributed by atoms with Crippen LogP contribution < -0.4 is 10.6 Å². The van der Waals surface area contributed by atoms with Crippen molar-refractivity contribution in [2.45, 2.75) is 58.2 Å². The summed E-state index contributed by atoms with van der Waals surface area (Å²) in [6.45, 7) is 11.9. The summed E-state index contributed by atoms with van der Waals surface area (Å²) in [6.07, 6.45) is 4.85. The number of nitrogens with one attached hydrogen (secondary N) is 2. The quantitative estimate of drug-likeness (QED) is 0.450. The molecule has 0 saturated carbocycles. The summed E-state index contributed by atoms with van der Waals surface area (Å²) >= 11 is 0. The highest BCUT2D eigenvalue weighted by atomic mass is 19.1. The predicted octanol–water partition coefficient (Wildman–Crippen LogP) is 3.09. The summed E-state index contributed by atoms with van der Waals surface area (Å²) < 4.78 is 19.6. The molecule has 32 heavy (non-hydrogen) atoms. The van der Waals surface area contributed by atoms with Crippen molar-refractivity contribution >= 4 is 5.96 Å². The Morgan fingerprint density at radius 1 is 1.09 bits per heavy atom. The third-order valence-corrected chi connectivity index (χ3v) is 6.63. The highest BCUT2D eigenvalue weighted by molar-refractivity contribution is 5.79. The lowest BCUT2D eigenvalue weighted by atomic mass is 9.96. The minimum absolute atomic E-state index is 0.0964. The molecule has 2 saturated heterocycles. The number of halogens is 1. The van der Waals surface area contributed by atoms with Crippen molar-refractivity contribution in [1.82, 2.24) is 20.4 Å². The third-order valence-electron chi connectivity index (χ3n) is 6.63. The predicted molar refractivity (Wildman–Crippen MR) is 129 cm³/mol. The maximum atomic E-state index is 13.9. The minimum Gasteiger partial charge on any atom is -0.377 e. The van der Waals surface area contributed by atoms with E-state index in [1.54, 1.807) is 12.1 Å². The number of piperidine rings is 2. The van der Waals surface area contributed by atoms with Crippen molar-refractivity contribution < 1.29 is 9.13 Å². The van der Waals surface area contributed by atoms with Crippen LogP contribution in [0.4, 0.5) is 4.39 Å². The number of guanidine groups is 1. The molecule has 0 atom stereocenters. The van der Waals surface area contributed by atoms with Crippen LogP contribution in [0.1, 0.15) is 45.1 Å². The first-order valence-corrected chi connectivity index (χ1v) is 12.3. The van der Waals surface area contributed by atoms with Gasteiger partial charge in [0.05, 0.1) is 12.7 Å². The molecular formula is C25H42FN5O. The van der Waals surface area contributed by atoms with Crippen LogP contribution in [0.3, 0.4) is 0 Å². The normalized spacial score (nSPS) is 20.1. The van der Waals surface area contributed by atoms with Crippen LogP contribution in [0.5, 0.6) is 0 Å². The van der Waals surface area contributed by atoms with Gasteiger partial charge in [0.25, 0.3) is 0 Å². The first-order chi connectivity index (χ1) is 15.5. The fourth-order valence-electron chi connectivity index (χ4n) is 4.56. The first kappa shape index (κ1) is 24.9. The third kappa shape index (κ3) is 8.34. The minimum atomic E-state index is -0.0964. The molecule has 1 aromatic carbocycles. The number of rotatable bonds is 9. The van der Waals surface area contributed by atoms with Crippen LogP contribution in [0.25, 0.3) is 0 Å². The van der Waals surface area contributed by atoms with Gasteiger partial charge in [0.15, 0.2) is 5.96 Å². The molecule has 7 heteroatoms. The number of nitrogens with zero attached hydrogens (tertiary/aromatic N) is 3. The van der Waals surface area contributed by atoms with E-state index in [0.717, 1.165) is 83.1 Å². The standard InChI is InChI=1S/C25H42FN5O/c1-20(2)32-17-16-30-14-10-23(11-15-30)29-25(27-3)28-18-21-8-12-31(13-9-21)19-22-6-4-5-7-24(22)26/h4-7,20-21,23H,8-19H2,1-3H3,(H2,27,28,29). The number of likely N-dealkylation sites (tertiary alicyclic amines) is 2. The van der Waals surface area contributed by atoms with Crippen molar-refractivity contribution in [2.24, 2.45) is 10.9 Å². The molecule has 1 aromatic rings. The van der Waals surface area contributed by atoms with Gasteiger partial charge in [-0.2, -0.15) is 0 Å². The van der Waals surface area contributed by atoms with Crippen LogP contribution >= 0.6 is 0 Å². The monoisotopic (exact) mass is 447 g/mol. The Labute approximate surface area is 193 Å². The van der Waals surface area contributed by atoms with E-state index in [2.05, 4.69) is 39.3 Å². The van der Waals surface area contributed by atoms with Crippen LogP contribution in [0, 0.1) is 11.7 Å². The van der Waals surface area contributed by atoms with Crippen LogP contribution in [-0.4, -0.2) is 80.8 Å². The SMILES string of the molecule is CN=C(NCC1CCN(Cc2ccccc2F)CC1)NC1CCN(CCOC(C)C)CC1. The van der Waals surface area contributed by atoms with Gasteiger partial charge in [0.1, 0.15) is 5.82 Å². The van der Waals surface area contributed by atoms with Gasteiger partial charge in [0, 0.05) is 51.4 Å². The topological polar surface area (TPSA) is 52.1 Å². The number of aliphatic imine (C=N–C) groups is 1. The number of hydrogen-bond donors (Lipinski definition) is 2. The van der Waals surface area contributed by atoms with Crippen molar-refractivity contribution in [1.29, 1.82) is 0 Å². The van der Waals surface area contributed by atoms with Gasteiger partial charge in [-0.25, -0.2) is 4.39 Å². The van der Waals surface area contributed by atoms with Gasteiger partial charge in [-0.1, -0.05) is 18.2 Å². The van der Waals surface area contributed by atoms with E-state index in [4.69, 9.17) is 4.74 Å². The van der Waals surface area contributed by atoms with E-state index in [9.17, 15) is 4.39 Å². The highest BCUT2D eigenvalue weighted by Crippen LogP contribution is 2.19. The Morgan fingerprint density at radius 2 is 1.78 bits per heavy atom. The summed E-state index contributed by atoms with van der Waals surface area (Å²) in [5.41, 5.74) is 0.798. The Balaban J connectivity index is 1.30. The van der Waals surface area contributed by atoms with Crippen molar-refractivity contribution in [3.63, 3.8) is 0 Å². The molecule has 0 bridgehead atoms. The Bertz CT molecular complexity index is 697. The van der Waals surface area contributed by atoms with Gasteiger partial charge < -0.3 is 20.3 Å². The van der Waals surface area contributed by atoms with E-state index in [-0.39, 0.29) is 5.82 Å². The van der Waals surface area contributed by atoms with Gasteiger partial charge in [-0.15, -0.1) is 0 Å². The lowest BCUT2D eigenvalue weighted by molar-refractivity contribution is 0.0532. The Kier molecular flexibility index (Phi) is 10.2. The molecular weight excluding hydrogens is 405 g/mol.